The summed E-state index contributed by atoms with van der Waals surface area (Å²) in [4.78, 5) is 0. The van der Waals surface area contributed by atoms with Crippen LogP contribution in [0.5, 0.6) is 0 Å². The smallest absolute Gasteiger partial charge is 0.143 e. The molecule has 1 nitrogen and oxygen atoms in total. The van der Waals surface area contributed by atoms with Crippen molar-refractivity contribution in [3.8, 4) is 0 Å². The molecule has 4 heteroatoms. The average molecular weight is 220 g/mol. The molecule has 0 spiro atoms. The van der Waals surface area contributed by atoms with E-state index in [1.54, 1.807) is 6.07 Å². The van der Waals surface area contributed by atoms with Crippen molar-refractivity contribution < 1.29 is 4.39 Å². The van der Waals surface area contributed by atoms with E-state index in [1.807, 2.05) is 0 Å². The van der Waals surface area contributed by atoms with Crippen molar-refractivity contribution in [2.75, 3.05) is 0 Å². The molecule has 0 bridgehead atoms. The van der Waals surface area contributed by atoms with Crippen LogP contribution in [0, 0.1) is 5.82 Å². The first kappa shape index (κ1) is 9.25. The highest BCUT2D eigenvalue weighted by molar-refractivity contribution is 6.33. The lowest BCUT2D eigenvalue weighted by Gasteiger charge is -2.12. The Kier molecular flexibility index (Phi) is 2.02. The number of halogens is 3. The van der Waals surface area contributed by atoms with Gasteiger partial charge in [0.2, 0.25) is 0 Å². The minimum Gasteiger partial charge on any atom is -0.321 e. The van der Waals surface area contributed by atoms with Gasteiger partial charge in [-0.15, -0.1) is 0 Å². The zero-order valence-electron chi connectivity index (χ0n) is 6.78. The normalized spacial score (nSPS) is 18.8. The van der Waals surface area contributed by atoms with E-state index in [-0.39, 0.29) is 5.02 Å². The van der Waals surface area contributed by atoms with Crippen LogP contribution in [-0.2, 0) is 5.54 Å². The highest BCUT2D eigenvalue weighted by Gasteiger charge is 2.42. The van der Waals surface area contributed by atoms with Gasteiger partial charge in [0.15, 0.2) is 0 Å². The zero-order valence-corrected chi connectivity index (χ0v) is 8.29. The summed E-state index contributed by atoms with van der Waals surface area (Å²) in [6.45, 7) is 0. The molecule has 0 unspecified atom stereocenters. The second-order valence-corrected chi connectivity index (χ2v) is 4.22. The second-order valence-electron chi connectivity index (χ2n) is 3.41. The molecular formula is C9H8Cl2FN. The number of rotatable bonds is 1. The minimum atomic E-state index is -0.499. The van der Waals surface area contributed by atoms with Crippen molar-refractivity contribution in [1.82, 2.24) is 0 Å². The number of benzene rings is 1. The van der Waals surface area contributed by atoms with E-state index in [2.05, 4.69) is 0 Å². The quantitative estimate of drug-likeness (QED) is 0.723. The Morgan fingerprint density at radius 2 is 1.92 bits per heavy atom. The Labute approximate surface area is 85.6 Å². The van der Waals surface area contributed by atoms with E-state index >= 15 is 0 Å². The summed E-state index contributed by atoms with van der Waals surface area (Å²) in [5.41, 5.74) is 6.08. The van der Waals surface area contributed by atoms with E-state index in [1.165, 1.54) is 6.07 Å². The van der Waals surface area contributed by atoms with Crippen molar-refractivity contribution in [2.24, 2.45) is 5.73 Å². The fraction of sp³-hybridized carbons (Fsp3) is 0.333. The van der Waals surface area contributed by atoms with Gasteiger partial charge in [0.05, 0.1) is 5.02 Å². The predicted molar refractivity (Wildman–Crippen MR) is 51.5 cm³/mol. The van der Waals surface area contributed by atoms with Crippen molar-refractivity contribution >= 4 is 23.2 Å². The number of nitrogens with two attached hydrogens (primary N) is 1. The summed E-state index contributed by atoms with van der Waals surface area (Å²) in [5, 5.41) is 0.443. The summed E-state index contributed by atoms with van der Waals surface area (Å²) in [6.07, 6.45) is 1.68. The third-order valence-electron chi connectivity index (χ3n) is 2.32. The highest BCUT2D eigenvalue weighted by atomic mass is 35.5. The standard InChI is InChI=1S/C9H8Cl2FN/c10-5-3-6(9(13)1-2-9)8(11)7(12)4-5/h3-4H,1-2,13H2. The van der Waals surface area contributed by atoms with Crippen LogP contribution in [0.3, 0.4) is 0 Å². The van der Waals surface area contributed by atoms with Crippen molar-refractivity contribution in [3.05, 3.63) is 33.6 Å². The maximum absolute atomic E-state index is 13.1. The van der Waals surface area contributed by atoms with E-state index in [0.717, 1.165) is 12.8 Å². The molecule has 13 heavy (non-hydrogen) atoms. The Bertz CT molecular complexity index is 361. The fourth-order valence-electron chi connectivity index (χ4n) is 1.32. The third-order valence-corrected chi connectivity index (χ3v) is 2.92. The topological polar surface area (TPSA) is 26.0 Å². The molecule has 0 amide bonds. The van der Waals surface area contributed by atoms with E-state index in [0.29, 0.717) is 10.6 Å². The summed E-state index contributed by atoms with van der Waals surface area (Å²) < 4.78 is 13.1. The Morgan fingerprint density at radius 1 is 1.31 bits per heavy atom. The van der Waals surface area contributed by atoms with E-state index in [4.69, 9.17) is 28.9 Å². The lowest BCUT2D eigenvalue weighted by atomic mass is 10.1. The van der Waals surface area contributed by atoms with Crippen LogP contribution in [0.2, 0.25) is 10.0 Å². The van der Waals surface area contributed by atoms with Crippen molar-refractivity contribution in [3.63, 3.8) is 0 Å². The number of hydrogen-bond donors (Lipinski definition) is 1. The van der Waals surface area contributed by atoms with E-state index < -0.39 is 11.4 Å². The molecule has 2 N–H and O–H groups in total. The molecule has 1 aromatic rings. The van der Waals surface area contributed by atoms with Gasteiger partial charge in [-0.2, -0.15) is 0 Å². The summed E-state index contributed by atoms with van der Waals surface area (Å²) in [5.74, 6) is -0.499. The predicted octanol–water partition coefficient (Wildman–Crippen LogP) is 3.08. The molecule has 0 aromatic heterocycles. The van der Waals surface area contributed by atoms with Gasteiger partial charge in [-0.3, -0.25) is 0 Å². The van der Waals surface area contributed by atoms with Crippen LogP contribution in [0.1, 0.15) is 18.4 Å². The van der Waals surface area contributed by atoms with Crippen molar-refractivity contribution in [1.29, 1.82) is 0 Å². The SMILES string of the molecule is NC1(c2cc(Cl)cc(F)c2Cl)CC1. The van der Waals surface area contributed by atoms with Crippen molar-refractivity contribution in [2.45, 2.75) is 18.4 Å². The summed E-state index contributed by atoms with van der Waals surface area (Å²) in [6, 6.07) is 2.83. The number of hydrogen-bond acceptors (Lipinski definition) is 1. The minimum absolute atomic E-state index is 0.101. The lowest BCUT2D eigenvalue weighted by molar-refractivity contribution is 0.619. The Hall–Kier alpha value is -0.310. The van der Waals surface area contributed by atoms with Crippen LogP contribution in [0.15, 0.2) is 12.1 Å². The van der Waals surface area contributed by atoms with Gasteiger partial charge in [-0.1, -0.05) is 23.2 Å². The van der Waals surface area contributed by atoms with Gasteiger partial charge < -0.3 is 5.73 Å². The molecule has 1 aliphatic rings. The van der Waals surface area contributed by atoms with Gasteiger partial charge in [-0.25, -0.2) is 4.39 Å². The highest BCUT2D eigenvalue weighted by Crippen LogP contribution is 2.46. The van der Waals surface area contributed by atoms with Gasteiger partial charge in [0, 0.05) is 10.6 Å². The molecule has 2 rings (SSSR count). The first-order valence-electron chi connectivity index (χ1n) is 3.97. The van der Waals surface area contributed by atoms with Crippen LogP contribution < -0.4 is 5.73 Å². The first-order chi connectivity index (χ1) is 6.03. The molecule has 0 radical (unpaired) electrons. The lowest BCUT2D eigenvalue weighted by Crippen LogP contribution is -2.19. The average Bonchev–Trinajstić information content (AvgIpc) is 2.77. The molecule has 70 valence electrons. The molecule has 1 saturated carbocycles. The Morgan fingerprint density at radius 3 is 2.46 bits per heavy atom. The van der Waals surface area contributed by atoms with Crippen LogP contribution in [-0.4, -0.2) is 0 Å². The largest absolute Gasteiger partial charge is 0.321 e. The first-order valence-corrected chi connectivity index (χ1v) is 4.72. The molecule has 1 fully saturated rings. The third kappa shape index (κ3) is 1.54. The Balaban J connectivity index is 2.56. The van der Waals surface area contributed by atoms with Gasteiger partial charge >= 0.3 is 0 Å². The molecule has 0 atom stereocenters. The zero-order chi connectivity index (χ0) is 9.64. The monoisotopic (exact) mass is 219 g/mol. The maximum Gasteiger partial charge on any atom is 0.143 e. The summed E-state index contributed by atoms with van der Waals surface area (Å²) in [7, 11) is 0. The second kappa shape index (κ2) is 2.84. The molecule has 0 aliphatic heterocycles. The van der Waals surface area contributed by atoms with E-state index in [9.17, 15) is 4.39 Å². The molecular weight excluding hydrogens is 212 g/mol. The molecule has 1 aliphatic carbocycles. The van der Waals surface area contributed by atoms with Crippen LogP contribution >= 0.6 is 23.2 Å². The van der Waals surface area contributed by atoms with Gasteiger partial charge in [-0.05, 0) is 30.5 Å². The van der Waals surface area contributed by atoms with Crippen LogP contribution in [0.25, 0.3) is 0 Å². The molecule has 0 saturated heterocycles. The maximum atomic E-state index is 13.1. The van der Waals surface area contributed by atoms with Crippen LogP contribution in [0.4, 0.5) is 4.39 Å². The molecule has 0 heterocycles. The van der Waals surface area contributed by atoms with Gasteiger partial charge in [0.1, 0.15) is 5.82 Å². The summed E-state index contributed by atoms with van der Waals surface area (Å²) >= 11 is 11.5. The fourth-order valence-corrected chi connectivity index (χ4v) is 1.82. The van der Waals surface area contributed by atoms with Gasteiger partial charge in [0.25, 0.3) is 0 Å². The molecule has 1 aromatic carbocycles.